The summed E-state index contributed by atoms with van der Waals surface area (Å²) in [5, 5.41) is 2.51. The summed E-state index contributed by atoms with van der Waals surface area (Å²) in [6, 6.07) is 20.7. The molecule has 0 heterocycles. The number of rotatable bonds is 5. The predicted octanol–water partition coefficient (Wildman–Crippen LogP) is -5.56. The Labute approximate surface area is 262 Å². The predicted molar refractivity (Wildman–Crippen MR) is 105 cm³/mol. The zero-order valence-corrected chi connectivity index (χ0v) is 25.0. The fourth-order valence-electron chi connectivity index (χ4n) is 2.55. The second-order valence-electron chi connectivity index (χ2n) is 5.57. The van der Waals surface area contributed by atoms with Gasteiger partial charge in [-0.3, -0.25) is 0 Å². The molecule has 0 bridgehead atoms. The van der Waals surface area contributed by atoms with Gasteiger partial charge >= 0.3 is 103 Å². The van der Waals surface area contributed by atoms with Crippen LogP contribution >= 0.6 is 7.92 Å². The maximum atomic E-state index is 11.1. The van der Waals surface area contributed by atoms with Gasteiger partial charge in [-0.15, -0.1) is 0 Å². The van der Waals surface area contributed by atoms with Crippen molar-refractivity contribution >= 4 is 44.1 Å². The van der Waals surface area contributed by atoms with E-state index in [9.17, 15) is 25.9 Å². The zero-order valence-electron chi connectivity index (χ0n) is 16.2. The van der Waals surface area contributed by atoms with Crippen LogP contribution in [0.3, 0.4) is 0 Å². The zero-order chi connectivity index (χ0) is 19.7. The summed E-state index contributed by atoms with van der Waals surface area (Å²) >= 11 is 0. The summed E-state index contributed by atoms with van der Waals surface area (Å²) in [7, 11) is -10.2. The second kappa shape index (κ2) is 13.1. The van der Waals surface area contributed by atoms with Crippen LogP contribution in [0.4, 0.5) is 0 Å². The molecule has 0 saturated heterocycles. The van der Waals surface area contributed by atoms with Crippen LogP contribution in [0.2, 0.25) is 0 Å². The Balaban J connectivity index is 0.00000280. The van der Waals surface area contributed by atoms with Crippen LogP contribution in [0, 0.1) is 0 Å². The second-order valence-corrected chi connectivity index (χ2v) is 10.5. The van der Waals surface area contributed by atoms with Crippen molar-refractivity contribution in [1.82, 2.24) is 0 Å². The fourth-order valence-corrected chi connectivity index (χ4v) is 5.75. The minimum atomic E-state index is -4.54. The van der Waals surface area contributed by atoms with Gasteiger partial charge in [0.1, 0.15) is 20.2 Å². The Hall–Kier alpha value is 1.14. The van der Waals surface area contributed by atoms with E-state index in [1.54, 1.807) is 24.3 Å². The average Bonchev–Trinajstić information content (AvgIpc) is 2.62. The van der Waals surface area contributed by atoms with Gasteiger partial charge in [-0.2, -0.15) is 0 Å². The molecule has 0 amide bonds. The smallest absolute Gasteiger partial charge is 0.744 e. The van der Waals surface area contributed by atoms with Crippen LogP contribution < -0.4 is 119 Å². The van der Waals surface area contributed by atoms with Gasteiger partial charge in [-0.25, -0.2) is 16.8 Å². The molecule has 30 heavy (non-hydrogen) atoms. The molecule has 3 aromatic rings. The first-order chi connectivity index (χ1) is 12.7. The molecule has 7 nitrogen and oxygen atoms in total. The minimum Gasteiger partial charge on any atom is -0.744 e. The van der Waals surface area contributed by atoms with Crippen LogP contribution in [0.1, 0.15) is 0 Å². The van der Waals surface area contributed by atoms with E-state index >= 15 is 0 Å². The standard InChI is InChI=1S/C18H15O6PS2.2K.H2O/c19-26(20,21)17-10-6-15(7-11-17)25(14-4-2-1-3-5-14)16-8-12-18(13-9-16)27(22,23)24;;;/h1-13H,(H,19,20,21)(H,22,23,24);;;1H2/q;2*+1;/p-2. The SMILES string of the molecule is O.O=S(=O)([O-])c1ccc(P(c2ccccc2)c2ccc(S(=O)(=O)[O-])cc2)cc1.[K+].[K+]. The van der Waals surface area contributed by atoms with Gasteiger partial charge in [0.15, 0.2) is 0 Å². The molecule has 3 aromatic carbocycles. The molecule has 0 radical (unpaired) electrons. The molecule has 3 rings (SSSR count). The van der Waals surface area contributed by atoms with Gasteiger partial charge in [0.25, 0.3) is 0 Å². The molecule has 0 aliphatic carbocycles. The first-order valence-corrected chi connectivity index (χ1v) is 11.8. The van der Waals surface area contributed by atoms with Crippen molar-refractivity contribution in [1.29, 1.82) is 0 Å². The van der Waals surface area contributed by atoms with Crippen molar-refractivity contribution in [3.8, 4) is 0 Å². The van der Waals surface area contributed by atoms with Gasteiger partial charge in [0, 0.05) is 0 Å². The van der Waals surface area contributed by atoms with E-state index < -0.39 is 28.2 Å². The quantitative estimate of drug-likeness (QED) is 0.188. The van der Waals surface area contributed by atoms with Crippen molar-refractivity contribution in [3.63, 3.8) is 0 Å². The Morgan fingerprint density at radius 2 is 0.833 bits per heavy atom. The van der Waals surface area contributed by atoms with Crippen molar-refractivity contribution in [2.24, 2.45) is 0 Å². The molecule has 0 aromatic heterocycles. The third-order valence-corrected chi connectivity index (χ3v) is 7.92. The normalized spacial score (nSPS) is 11.0. The van der Waals surface area contributed by atoms with E-state index in [2.05, 4.69) is 0 Å². The number of benzene rings is 3. The van der Waals surface area contributed by atoms with Gasteiger partial charge in [0.2, 0.25) is 0 Å². The Bertz CT molecular complexity index is 1080. The summed E-state index contributed by atoms with van der Waals surface area (Å²) in [5.74, 6) is 0. The van der Waals surface area contributed by atoms with Crippen molar-refractivity contribution in [2.45, 2.75) is 9.79 Å². The molecule has 0 aliphatic rings. The van der Waals surface area contributed by atoms with Gasteiger partial charge < -0.3 is 14.6 Å². The van der Waals surface area contributed by atoms with Crippen LogP contribution in [0.25, 0.3) is 0 Å². The van der Waals surface area contributed by atoms with Crippen molar-refractivity contribution in [3.05, 3.63) is 78.9 Å². The Kier molecular flexibility index (Phi) is 13.6. The van der Waals surface area contributed by atoms with E-state index in [0.29, 0.717) is 0 Å². The van der Waals surface area contributed by atoms with Crippen molar-refractivity contribution < 1.29 is 134 Å². The number of hydrogen-bond acceptors (Lipinski definition) is 6. The maximum absolute atomic E-state index is 11.1. The monoisotopic (exact) mass is 516 g/mol. The first-order valence-electron chi connectivity index (χ1n) is 7.63. The van der Waals surface area contributed by atoms with Crippen molar-refractivity contribution in [2.75, 3.05) is 0 Å². The van der Waals surface area contributed by atoms with Crippen LogP contribution in [0.15, 0.2) is 88.7 Å². The first kappa shape index (κ1) is 31.1. The summed E-state index contributed by atoms with van der Waals surface area (Å²) in [6.45, 7) is 0. The van der Waals surface area contributed by atoms with Gasteiger partial charge in [0.05, 0.1) is 9.79 Å². The largest absolute Gasteiger partial charge is 1.00 e. The summed E-state index contributed by atoms with van der Waals surface area (Å²) in [6.07, 6.45) is 0. The Morgan fingerprint density at radius 3 is 1.13 bits per heavy atom. The Morgan fingerprint density at radius 1 is 0.533 bits per heavy atom. The van der Waals surface area contributed by atoms with Crippen LogP contribution in [0.5, 0.6) is 0 Å². The molecule has 12 heteroatoms. The fraction of sp³-hybridized carbons (Fsp3) is 0. The third kappa shape index (κ3) is 8.17. The molecule has 0 fully saturated rings. The number of hydrogen-bond donors (Lipinski definition) is 0. The summed E-state index contributed by atoms with van der Waals surface area (Å²) in [4.78, 5) is -0.635. The van der Waals surface area contributed by atoms with Gasteiger partial charge in [-0.05, 0) is 48.1 Å². The molecule has 0 saturated carbocycles. The molecule has 0 aliphatic heterocycles. The molecule has 148 valence electrons. The maximum Gasteiger partial charge on any atom is 1.00 e. The van der Waals surface area contributed by atoms with E-state index in [0.717, 1.165) is 15.9 Å². The molecular formula is C18H15K2O7PS2. The van der Waals surface area contributed by atoms with Crippen LogP contribution in [-0.2, 0) is 20.2 Å². The van der Waals surface area contributed by atoms with E-state index in [-0.39, 0.29) is 118 Å². The minimum absolute atomic E-state index is 0. The molecule has 0 spiro atoms. The molecule has 2 N–H and O–H groups in total. The van der Waals surface area contributed by atoms with E-state index in [1.807, 2.05) is 30.3 Å². The topological polar surface area (TPSA) is 146 Å². The van der Waals surface area contributed by atoms with E-state index in [4.69, 9.17) is 0 Å². The summed E-state index contributed by atoms with van der Waals surface area (Å²) < 4.78 is 66.9. The summed E-state index contributed by atoms with van der Waals surface area (Å²) in [5.41, 5.74) is 0. The third-order valence-electron chi connectivity index (χ3n) is 3.78. The van der Waals surface area contributed by atoms with Crippen LogP contribution in [-0.4, -0.2) is 31.4 Å². The average molecular weight is 517 g/mol. The molecular weight excluding hydrogens is 501 g/mol. The van der Waals surface area contributed by atoms with Gasteiger partial charge in [-0.1, -0.05) is 54.6 Å². The molecule has 0 unspecified atom stereocenters. The van der Waals surface area contributed by atoms with E-state index in [1.165, 1.54) is 24.3 Å². The molecule has 0 atom stereocenters.